The van der Waals surface area contributed by atoms with Crippen molar-refractivity contribution in [3.8, 4) is 0 Å². The lowest BCUT2D eigenvalue weighted by Gasteiger charge is -2.40. The monoisotopic (exact) mass is 1290 g/mol. The molecule has 7 unspecified atom stereocenters. The number of hydrogen-bond donors (Lipinski definition) is 6. The second-order valence-electron chi connectivity index (χ2n) is 27.8. The van der Waals surface area contributed by atoms with Crippen molar-refractivity contribution in [2.75, 3.05) is 13.2 Å². The summed E-state index contributed by atoms with van der Waals surface area (Å²) in [6, 6.07) is -0.831. The average Bonchev–Trinajstić information content (AvgIpc) is 1.00. The lowest BCUT2D eigenvalue weighted by Crippen LogP contribution is -2.60. The maximum absolute atomic E-state index is 13.2. The van der Waals surface area contributed by atoms with E-state index in [1.54, 1.807) is 6.08 Å². The first-order chi connectivity index (χ1) is 45.3. The highest BCUT2D eigenvalue weighted by molar-refractivity contribution is 5.76. The van der Waals surface area contributed by atoms with Gasteiger partial charge >= 0.3 is 0 Å². The fourth-order valence-electron chi connectivity index (χ4n) is 12.7. The number of allylic oxidation sites excluding steroid dienone is 11. The third kappa shape index (κ3) is 58.9. The number of ether oxygens (including phenoxy) is 2. The molecule has 0 aromatic rings. The number of rotatable bonds is 71. The van der Waals surface area contributed by atoms with Crippen LogP contribution in [0.2, 0.25) is 0 Å². The fourth-order valence-corrected chi connectivity index (χ4v) is 12.7. The van der Waals surface area contributed by atoms with Crippen LogP contribution in [0.1, 0.15) is 393 Å². The normalized spacial score (nSPS) is 18.0. The molecule has 0 radical (unpaired) electrons. The van der Waals surface area contributed by atoms with Gasteiger partial charge in [0.05, 0.1) is 25.4 Å². The van der Waals surface area contributed by atoms with Crippen molar-refractivity contribution in [2.24, 2.45) is 0 Å². The molecule has 9 heteroatoms. The number of amides is 1. The van der Waals surface area contributed by atoms with Gasteiger partial charge in [0.2, 0.25) is 5.91 Å². The minimum Gasteiger partial charge on any atom is -0.394 e. The van der Waals surface area contributed by atoms with Crippen LogP contribution in [0.5, 0.6) is 0 Å². The van der Waals surface area contributed by atoms with E-state index in [1.165, 1.54) is 315 Å². The van der Waals surface area contributed by atoms with E-state index < -0.39 is 49.5 Å². The van der Waals surface area contributed by atoms with Crippen LogP contribution in [0.15, 0.2) is 72.9 Å². The Balaban J connectivity index is 2.07. The minimum atomic E-state index is -1.58. The Kier molecular flexibility index (Phi) is 68.0. The molecular weight excluding hydrogens is 1140 g/mol. The molecule has 538 valence electrons. The molecule has 1 heterocycles. The molecule has 1 aliphatic heterocycles. The summed E-state index contributed by atoms with van der Waals surface area (Å²) in [6.45, 7) is 3.80. The zero-order chi connectivity index (χ0) is 66.4. The lowest BCUT2D eigenvalue weighted by molar-refractivity contribution is -0.302. The predicted octanol–water partition coefficient (Wildman–Crippen LogP) is 23.0. The van der Waals surface area contributed by atoms with Crippen molar-refractivity contribution >= 4 is 5.91 Å². The molecule has 0 spiro atoms. The van der Waals surface area contributed by atoms with Gasteiger partial charge in [0, 0.05) is 6.42 Å². The first kappa shape index (κ1) is 87.6. The molecule has 1 saturated heterocycles. The van der Waals surface area contributed by atoms with Crippen LogP contribution in [0.4, 0.5) is 0 Å². The van der Waals surface area contributed by atoms with Gasteiger partial charge in [-0.1, -0.05) is 376 Å². The third-order valence-corrected chi connectivity index (χ3v) is 19.0. The van der Waals surface area contributed by atoms with Crippen LogP contribution < -0.4 is 5.32 Å². The van der Waals surface area contributed by atoms with Gasteiger partial charge in [0.25, 0.3) is 0 Å². The Hall–Kier alpha value is -2.37. The van der Waals surface area contributed by atoms with Gasteiger partial charge in [-0.2, -0.15) is 0 Å². The van der Waals surface area contributed by atoms with Crippen molar-refractivity contribution in [3.63, 3.8) is 0 Å². The molecule has 7 atom stereocenters. The van der Waals surface area contributed by atoms with Crippen molar-refractivity contribution in [2.45, 2.75) is 436 Å². The zero-order valence-corrected chi connectivity index (χ0v) is 60.6. The smallest absolute Gasteiger partial charge is 0.220 e. The second-order valence-corrected chi connectivity index (χ2v) is 27.8. The molecule has 1 amide bonds. The van der Waals surface area contributed by atoms with Gasteiger partial charge in [-0.3, -0.25) is 4.79 Å². The molecule has 9 nitrogen and oxygen atoms in total. The van der Waals surface area contributed by atoms with E-state index in [0.29, 0.717) is 6.42 Å². The average molecular weight is 1290 g/mol. The summed E-state index contributed by atoms with van der Waals surface area (Å²) in [7, 11) is 0. The summed E-state index contributed by atoms with van der Waals surface area (Å²) >= 11 is 0. The molecule has 0 bridgehead atoms. The zero-order valence-electron chi connectivity index (χ0n) is 60.6. The van der Waals surface area contributed by atoms with Gasteiger partial charge in [-0.15, -0.1) is 0 Å². The SMILES string of the molecule is CCCCCCC/C=C\C/C=C\C/C=C\CCCCCCCCCCCCCCCCCCCCCCCCCCCCC(=O)NC(COC1OC(CO)C(O)C(O)C1O)C(O)/C=C/CC/C=C/CC/C=C/CCCCCCCCCCCCCCCCCCCC. The summed E-state index contributed by atoms with van der Waals surface area (Å²) in [5, 5.41) is 54.8. The molecule has 1 fully saturated rings. The van der Waals surface area contributed by atoms with Gasteiger partial charge in [-0.05, 0) is 83.5 Å². The van der Waals surface area contributed by atoms with E-state index in [0.717, 1.165) is 57.8 Å². The molecule has 0 aromatic heterocycles. The quantitative estimate of drug-likeness (QED) is 0.0261. The Labute approximate surface area is 569 Å². The highest BCUT2D eigenvalue weighted by atomic mass is 16.7. The first-order valence-corrected chi connectivity index (χ1v) is 40.2. The number of hydrogen-bond acceptors (Lipinski definition) is 8. The van der Waals surface area contributed by atoms with E-state index in [2.05, 4.69) is 79.9 Å². The summed E-state index contributed by atoms with van der Waals surface area (Å²) in [5.41, 5.74) is 0. The molecule has 0 saturated carbocycles. The highest BCUT2D eigenvalue weighted by Gasteiger charge is 2.44. The molecule has 1 aliphatic rings. The Morgan fingerprint density at radius 2 is 0.652 bits per heavy atom. The molecule has 0 aliphatic carbocycles. The maximum Gasteiger partial charge on any atom is 0.220 e. The lowest BCUT2D eigenvalue weighted by atomic mass is 9.99. The third-order valence-electron chi connectivity index (χ3n) is 19.0. The van der Waals surface area contributed by atoms with Gasteiger partial charge in [0.15, 0.2) is 6.29 Å². The predicted molar refractivity (Wildman–Crippen MR) is 396 cm³/mol. The molecule has 92 heavy (non-hydrogen) atoms. The van der Waals surface area contributed by atoms with Gasteiger partial charge in [-0.25, -0.2) is 0 Å². The molecule has 6 N–H and O–H groups in total. The summed E-state index contributed by atoms with van der Waals surface area (Å²) in [5.74, 6) is -0.184. The Bertz CT molecular complexity index is 1690. The number of aliphatic hydroxyl groups excluding tert-OH is 5. The highest BCUT2D eigenvalue weighted by Crippen LogP contribution is 2.24. The van der Waals surface area contributed by atoms with Crippen LogP contribution in [0.3, 0.4) is 0 Å². The van der Waals surface area contributed by atoms with E-state index in [9.17, 15) is 30.3 Å². The van der Waals surface area contributed by atoms with Crippen molar-refractivity contribution in [1.29, 1.82) is 0 Å². The maximum atomic E-state index is 13.2. The summed E-state index contributed by atoms with van der Waals surface area (Å²) in [6.07, 6.45) is 94.9. The van der Waals surface area contributed by atoms with Crippen LogP contribution >= 0.6 is 0 Å². The minimum absolute atomic E-state index is 0.184. The second kappa shape index (κ2) is 71.4. The van der Waals surface area contributed by atoms with Crippen LogP contribution in [0.25, 0.3) is 0 Å². The number of carbonyl (C=O) groups excluding carboxylic acids is 1. The summed E-state index contributed by atoms with van der Waals surface area (Å²) in [4.78, 5) is 13.2. The van der Waals surface area contributed by atoms with E-state index >= 15 is 0 Å². The Morgan fingerprint density at radius 3 is 0.989 bits per heavy atom. The topological polar surface area (TPSA) is 149 Å². The molecular formula is C83H153NO8. The van der Waals surface area contributed by atoms with Gasteiger partial charge in [0.1, 0.15) is 24.4 Å². The number of nitrogens with one attached hydrogen (secondary N) is 1. The standard InChI is InChI=1S/C83H153NO8/c1-3-5-7-9-11-13-15-17-19-21-23-25-27-29-31-33-34-35-36-37-38-39-40-41-42-43-44-45-47-49-51-53-55-57-59-61-63-65-67-69-71-73-79(87)84-76(75-91-83-82(90)81(89)80(88)78(74-85)92-83)77(86)72-70-68-66-64-62-60-58-56-54-52-50-48-46-32-30-28-26-24-22-20-18-16-14-12-10-8-6-4-2/h15,17,21,23,27,29,54,56,62,64,70,72,76-78,80-83,85-86,88-90H,3-14,16,18-20,22,24-26,28,30-53,55,57-61,63,65-69,71,73-75H2,1-2H3,(H,84,87)/b17-15-,23-21-,29-27-,56-54+,64-62+,72-70+. The van der Waals surface area contributed by atoms with Gasteiger partial charge < -0.3 is 40.3 Å². The number of unbranched alkanes of at least 4 members (excludes halogenated alkanes) is 51. The van der Waals surface area contributed by atoms with E-state index in [-0.39, 0.29) is 12.5 Å². The number of carbonyl (C=O) groups is 1. The Morgan fingerprint density at radius 1 is 0.370 bits per heavy atom. The van der Waals surface area contributed by atoms with Crippen molar-refractivity contribution < 1.29 is 39.8 Å². The fraction of sp³-hybridized carbons (Fsp3) is 0.843. The van der Waals surface area contributed by atoms with E-state index in [4.69, 9.17) is 9.47 Å². The van der Waals surface area contributed by atoms with Crippen molar-refractivity contribution in [1.82, 2.24) is 5.32 Å². The first-order valence-electron chi connectivity index (χ1n) is 40.2. The van der Waals surface area contributed by atoms with E-state index in [1.807, 2.05) is 6.08 Å². The molecule has 0 aromatic carbocycles. The largest absolute Gasteiger partial charge is 0.394 e. The number of aliphatic hydroxyl groups is 5. The van der Waals surface area contributed by atoms with Crippen molar-refractivity contribution in [3.05, 3.63) is 72.9 Å². The molecule has 1 rings (SSSR count). The van der Waals surface area contributed by atoms with Crippen LogP contribution in [-0.4, -0.2) is 87.5 Å². The van der Waals surface area contributed by atoms with Crippen LogP contribution in [0, 0.1) is 0 Å². The van der Waals surface area contributed by atoms with Crippen LogP contribution in [-0.2, 0) is 14.3 Å². The summed E-state index contributed by atoms with van der Waals surface area (Å²) < 4.78 is 11.3.